The van der Waals surface area contributed by atoms with Gasteiger partial charge in [0, 0.05) is 38.4 Å². The van der Waals surface area contributed by atoms with E-state index in [1.165, 1.54) is 36.2 Å². The molecule has 3 aromatic rings. The van der Waals surface area contributed by atoms with Crippen LogP contribution in [0.3, 0.4) is 0 Å². The van der Waals surface area contributed by atoms with Crippen molar-refractivity contribution in [2.45, 2.75) is 26.2 Å². The molecular formula is C24H30N4O. The van der Waals surface area contributed by atoms with Crippen molar-refractivity contribution >= 4 is 22.5 Å². The normalized spacial score (nSPS) is 19.9. The number of hydrogen-bond acceptors (Lipinski definition) is 5. The van der Waals surface area contributed by atoms with Crippen molar-refractivity contribution in [1.82, 2.24) is 10.1 Å². The maximum Gasteiger partial charge on any atom is 0.180 e. The van der Waals surface area contributed by atoms with E-state index >= 15 is 0 Å². The number of benzene rings is 2. The first-order chi connectivity index (χ1) is 14.3. The lowest BCUT2D eigenvalue weighted by molar-refractivity contribution is 0.254. The SMILES string of the molecule is CC1CNc2ccc(CCCN3CCN(c4noc5ccccc45)CC3)cc2C1. The standard InChI is InChI=1S/C24H30N4O/c1-18-15-20-16-19(8-9-22(20)25-17-18)5-4-10-27-11-13-28(14-12-27)24-21-6-2-3-7-23(21)29-26-24/h2-3,6-9,16,18,25H,4-5,10-15,17H2,1H3. The smallest absolute Gasteiger partial charge is 0.180 e. The van der Waals surface area contributed by atoms with Gasteiger partial charge < -0.3 is 14.7 Å². The third-order valence-corrected chi connectivity index (χ3v) is 6.35. The number of fused-ring (bicyclic) bond motifs is 2. The van der Waals surface area contributed by atoms with Crippen molar-refractivity contribution in [3.63, 3.8) is 0 Å². The summed E-state index contributed by atoms with van der Waals surface area (Å²) in [4.78, 5) is 4.95. The molecular weight excluding hydrogens is 360 g/mol. The molecule has 0 bridgehead atoms. The summed E-state index contributed by atoms with van der Waals surface area (Å²) in [5, 5.41) is 8.99. The zero-order valence-corrected chi connectivity index (χ0v) is 17.2. The summed E-state index contributed by atoms with van der Waals surface area (Å²) in [6.07, 6.45) is 3.58. The van der Waals surface area contributed by atoms with Gasteiger partial charge >= 0.3 is 0 Å². The van der Waals surface area contributed by atoms with Gasteiger partial charge in [0.25, 0.3) is 0 Å². The highest BCUT2D eigenvalue weighted by atomic mass is 16.5. The largest absolute Gasteiger partial charge is 0.385 e. The first kappa shape index (κ1) is 18.5. The van der Waals surface area contributed by atoms with Crippen LogP contribution in [-0.2, 0) is 12.8 Å². The molecule has 1 saturated heterocycles. The molecule has 0 spiro atoms. The first-order valence-corrected chi connectivity index (χ1v) is 10.9. The Kier molecular flexibility index (Phi) is 5.15. The number of anilines is 2. The number of nitrogens with one attached hydrogen (secondary N) is 1. The highest BCUT2D eigenvalue weighted by Crippen LogP contribution is 2.27. The summed E-state index contributed by atoms with van der Waals surface area (Å²) >= 11 is 0. The fourth-order valence-electron chi connectivity index (χ4n) is 4.67. The molecule has 0 amide bonds. The molecule has 1 N–H and O–H groups in total. The Labute approximate surface area is 172 Å². The second-order valence-corrected chi connectivity index (χ2v) is 8.62. The number of rotatable bonds is 5. The summed E-state index contributed by atoms with van der Waals surface area (Å²) in [6.45, 7) is 8.79. The van der Waals surface area contributed by atoms with Gasteiger partial charge in [-0.2, -0.15) is 0 Å². The van der Waals surface area contributed by atoms with Gasteiger partial charge in [-0.3, -0.25) is 4.90 Å². The molecule has 0 aliphatic carbocycles. The molecule has 5 heteroatoms. The number of aromatic nitrogens is 1. The fourth-order valence-corrected chi connectivity index (χ4v) is 4.67. The highest BCUT2D eigenvalue weighted by molar-refractivity contribution is 5.88. The van der Waals surface area contributed by atoms with E-state index in [1.807, 2.05) is 12.1 Å². The van der Waals surface area contributed by atoms with Gasteiger partial charge in [0.05, 0.1) is 5.39 Å². The summed E-state index contributed by atoms with van der Waals surface area (Å²) in [6, 6.07) is 15.1. The van der Waals surface area contributed by atoms with E-state index in [4.69, 9.17) is 4.52 Å². The molecule has 5 rings (SSSR count). The maximum atomic E-state index is 5.48. The molecule has 5 nitrogen and oxygen atoms in total. The van der Waals surface area contributed by atoms with Crippen LogP contribution in [0.25, 0.3) is 11.0 Å². The molecule has 1 atom stereocenters. The second-order valence-electron chi connectivity index (χ2n) is 8.62. The van der Waals surface area contributed by atoms with Gasteiger partial charge in [0.15, 0.2) is 11.4 Å². The minimum Gasteiger partial charge on any atom is -0.385 e. The first-order valence-electron chi connectivity index (χ1n) is 10.9. The van der Waals surface area contributed by atoms with E-state index < -0.39 is 0 Å². The lowest BCUT2D eigenvalue weighted by atomic mass is 9.93. The van der Waals surface area contributed by atoms with Crippen LogP contribution >= 0.6 is 0 Å². The molecule has 152 valence electrons. The molecule has 0 radical (unpaired) electrons. The van der Waals surface area contributed by atoms with Crippen molar-refractivity contribution < 1.29 is 4.52 Å². The van der Waals surface area contributed by atoms with Crippen LogP contribution in [0.5, 0.6) is 0 Å². The van der Waals surface area contributed by atoms with Gasteiger partial charge in [-0.1, -0.05) is 36.3 Å². The van der Waals surface area contributed by atoms with Gasteiger partial charge in [0.1, 0.15) is 0 Å². The van der Waals surface area contributed by atoms with Crippen LogP contribution in [0.4, 0.5) is 11.5 Å². The molecule has 1 unspecified atom stereocenters. The van der Waals surface area contributed by atoms with E-state index in [0.717, 1.165) is 61.8 Å². The molecule has 0 saturated carbocycles. The minimum atomic E-state index is 0.732. The number of hydrogen-bond donors (Lipinski definition) is 1. The van der Waals surface area contributed by atoms with Crippen LogP contribution in [0, 0.1) is 5.92 Å². The Morgan fingerprint density at radius 1 is 1.10 bits per heavy atom. The lowest BCUT2D eigenvalue weighted by Crippen LogP contribution is -2.46. The summed E-state index contributed by atoms with van der Waals surface area (Å²) in [7, 11) is 0. The average molecular weight is 391 g/mol. The van der Waals surface area contributed by atoms with Gasteiger partial charge in [0.2, 0.25) is 0 Å². The van der Waals surface area contributed by atoms with Crippen molar-refractivity contribution in [2.75, 3.05) is 49.5 Å². The molecule has 2 aliphatic heterocycles. The summed E-state index contributed by atoms with van der Waals surface area (Å²) in [5.41, 5.74) is 5.19. The molecule has 1 aromatic heterocycles. The monoisotopic (exact) mass is 390 g/mol. The number of para-hydroxylation sites is 1. The Morgan fingerprint density at radius 3 is 2.86 bits per heavy atom. The highest BCUT2D eigenvalue weighted by Gasteiger charge is 2.21. The summed E-state index contributed by atoms with van der Waals surface area (Å²) in [5.74, 6) is 1.73. The van der Waals surface area contributed by atoms with Crippen LogP contribution in [-0.4, -0.2) is 49.3 Å². The van der Waals surface area contributed by atoms with Crippen LogP contribution in [0.2, 0.25) is 0 Å². The third-order valence-electron chi connectivity index (χ3n) is 6.35. The molecule has 29 heavy (non-hydrogen) atoms. The molecule has 2 aliphatic rings. The second kappa shape index (κ2) is 8.07. The van der Waals surface area contributed by atoms with Crippen molar-refractivity contribution in [2.24, 2.45) is 5.92 Å². The maximum absolute atomic E-state index is 5.48. The van der Waals surface area contributed by atoms with Gasteiger partial charge in [-0.25, -0.2) is 0 Å². The van der Waals surface area contributed by atoms with Gasteiger partial charge in [-0.15, -0.1) is 0 Å². The Morgan fingerprint density at radius 2 is 1.97 bits per heavy atom. The Bertz CT molecular complexity index is 974. The van der Waals surface area contributed by atoms with Crippen LogP contribution in [0.1, 0.15) is 24.5 Å². The van der Waals surface area contributed by atoms with Crippen molar-refractivity contribution in [1.29, 1.82) is 0 Å². The fraction of sp³-hybridized carbons (Fsp3) is 0.458. The van der Waals surface area contributed by atoms with E-state index in [9.17, 15) is 0 Å². The predicted octanol–water partition coefficient (Wildman–Crippen LogP) is 4.19. The molecule has 2 aromatic carbocycles. The Hall–Kier alpha value is -2.53. The predicted molar refractivity (Wildman–Crippen MR) is 119 cm³/mol. The van der Waals surface area contributed by atoms with E-state index in [1.54, 1.807) is 0 Å². The zero-order chi connectivity index (χ0) is 19.6. The van der Waals surface area contributed by atoms with Crippen molar-refractivity contribution in [3.05, 3.63) is 53.6 Å². The Balaban J connectivity index is 1.12. The van der Waals surface area contributed by atoms with Crippen molar-refractivity contribution in [3.8, 4) is 0 Å². The number of aryl methyl sites for hydroxylation is 1. The van der Waals surface area contributed by atoms with Crippen LogP contribution < -0.4 is 10.2 Å². The zero-order valence-electron chi connectivity index (χ0n) is 17.2. The average Bonchev–Trinajstić information content (AvgIpc) is 3.18. The van der Waals surface area contributed by atoms with Gasteiger partial charge in [-0.05, 0) is 61.1 Å². The van der Waals surface area contributed by atoms with E-state index in [-0.39, 0.29) is 0 Å². The number of nitrogens with zero attached hydrogens (tertiary/aromatic N) is 3. The lowest BCUT2D eigenvalue weighted by Gasteiger charge is -2.34. The minimum absolute atomic E-state index is 0.732. The van der Waals surface area contributed by atoms with E-state index in [0.29, 0.717) is 0 Å². The summed E-state index contributed by atoms with van der Waals surface area (Å²) < 4.78 is 5.48. The number of piperazine rings is 1. The van der Waals surface area contributed by atoms with E-state index in [2.05, 4.69) is 57.5 Å². The third kappa shape index (κ3) is 3.97. The molecule has 3 heterocycles. The quantitative estimate of drug-likeness (QED) is 0.708. The molecule has 1 fully saturated rings. The topological polar surface area (TPSA) is 44.5 Å². The van der Waals surface area contributed by atoms with Crippen LogP contribution in [0.15, 0.2) is 47.0 Å².